The lowest BCUT2D eigenvalue weighted by molar-refractivity contribution is -0.137. The van der Waals surface area contributed by atoms with Gasteiger partial charge in [0.1, 0.15) is 5.75 Å². The molecule has 0 bridgehead atoms. The van der Waals surface area contributed by atoms with Crippen LogP contribution in [0.1, 0.15) is 12.5 Å². The first-order valence-corrected chi connectivity index (χ1v) is 9.64. The molecular formula is C17H16ClF3N2O4S. The SMILES string of the molecule is COc1ccc(S(=O)(=O)N[C@H](C)C(=O)Nc2ccc(Cl)c(C(F)(F)F)c2)cc1. The monoisotopic (exact) mass is 436 g/mol. The van der Waals surface area contributed by atoms with Crippen molar-refractivity contribution in [3.05, 3.63) is 53.1 Å². The van der Waals surface area contributed by atoms with Gasteiger partial charge in [0.05, 0.1) is 28.6 Å². The Kier molecular flexibility index (Phi) is 6.58. The molecule has 0 spiro atoms. The van der Waals surface area contributed by atoms with E-state index in [2.05, 4.69) is 10.0 Å². The summed E-state index contributed by atoms with van der Waals surface area (Å²) in [6.45, 7) is 1.26. The van der Waals surface area contributed by atoms with Gasteiger partial charge in [0.2, 0.25) is 15.9 Å². The Bertz CT molecular complexity index is 963. The van der Waals surface area contributed by atoms with E-state index < -0.39 is 38.7 Å². The number of benzene rings is 2. The van der Waals surface area contributed by atoms with Gasteiger partial charge >= 0.3 is 6.18 Å². The summed E-state index contributed by atoms with van der Waals surface area (Å²) in [6, 6.07) is 7.05. The number of ether oxygens (including phenoxy) is 1. The predicted molar refractivity (Wildman–Crippen MR) is 97.9 cm³/mol. The smallest absolute Gasteiger partial charge is 0.417 e. The molecule has 2 N–H and O–H groups in total. The molecule has 0 aromatic heterocycles. The zero-order valence-corrected chi connectivity index (χ0v) is 16.2. The van der Waals surface area contributed by atoms with E-state index in [-0.39, 0.29) is 10.6 Å². The molecule has 11 heteroatoms. The maximum atomic E-state index is 12.9. The van der Waals surface area contributed by atoms with Crippen molar-refractivity contribution in [1.29, 1.82) is 0 Å². The average molecular weight is 437 g/mol. The summed E-state index contributed by atoms with van der Waals surface area (Å²) in [5.41, 5.74) is -1.28. The van der Waals surface area contributed by atoms with E-state index in [1.54, 1.807) is 0 Å². The summed E-state index contributed by atoms with van der Waals surface area (Å²) in [5.74, 6) is -0.388. The Morgan fingerprint density at radius 1 is 1.14 bits per heavy atom. The molecule has 0 aliphatic carbocycles. The minimum Gasteiger partial charge on any atom is -0.497 e. The highest BCUT2D eigenvalue weighted by molar-refractivity contribution is 7.89. The molecule has 6 nitrogen and oxygen atoms in total. The summed E-state index contributed by atoms with van der Waals surface area (Å²) in [5, 5.41) is 1.71. The molecular weight excluding hydrogens is 421 g/mol. The fourth-order valence-corrected chi connectivity index (χ4v) is 3.61. The maximum absolute atomic E-state index is 12.9. The van der Waals surface area contributed by atoms with Crippen LogP contribution in [-0.4, -0.2) is 27.5 Å². The molecule has 2 aromatic rings. The van der Waals surface area contributed by atoms with Crippen LogP contribution in [0.3, 0.4) is 0 Å². The van der Waals surface area contributed by atoms with Crippen LogP contribution in [0, 0.1) is 0 Å². The normalized spacial score (nSPS) is 13.1. The van der Waals surface area contributed by atoms with Crippen LogP contribution in [0.15, 0.2) is 47.4 Å². The van der Waals surface area contributed by atoms with Crippen molar-refractivity contribution >= 4 is 33.2 Å². The van der Waals surface area contributed by atoms with Gasteiger partial charge in [-0.3, -0.25) is 4.79 Å². The van der Waals surface area contributed by atoms with Gasteiger partial charge in [0.15, 0.2) is 0 Å². The van der Waals surface area contributed by atoms with Crippen molar-refractivity contribution in [1.82, 2.24) is 4.72 Å². The number of carbonyl (C=O) groups is 1. The van der Waals surface area contributed by atoms with Crippen LogP contribution in [0.25, 0.3) is 0 Å². The molecule has 28 heavy (non-hydrogen) atoms. The first-order valence-electron chi connectivity index (χ1n) is 7.78. The number of halogens is 4. The second-order valence-electron chi connectivity index (χ2n) is 5.70. The number of nitrogens with one attached hydrogen (secondary N) is 2. The van der Waals surface area contributed by atoms with Crippen LogP contribution >= 0.6 is 11.6 Å². The molecule has 2 rings (SSSR count). The van der Waals surface area contributed by atoms with Crippen LogP contribution in [0.5, 0.6) is 5.75 Å². The number of rotatable bonds is 6. The van der Waals surface area contributed by atoms with Gasteiger partial charge in [-0.25, -0.2) is 8.42 Å². The van der Waals surface area contributed by atoms with Crippen molar-refractivity contribution in [3.8, 4) is 5.75 Å². The van der Waals surface area contributed by atoms with Gasteiger partial charge in [0, 0.05) is 5.69 Å². The predicted octanol–water partition coefficient (Wildman–Crippen LogP) is 3.67. The number of alkyl halides is 3. The molecule has 0 unspecified atom stereocenters. The second-order valence-corrected chi connectivity index (χ2v) is 7.82. The van der Waals surface area contributed by atoms with Crippen molar-refractivity contribution < 1.29 is 31.1 Å². The number of amides is 1. The molecule has 0 radical (unpaired) electrons. The van der Waals surface area contributed by atoms with E-state index in [0.29, 0.717) is 11.8 Å². The van der Waals surface area contributed by atoms with Crippen molar-refractivity contribution in [2.75, 3.05) is 12.4 Å². The number of methoxy groups -OCH3 is 1. The Balaban J connectivity index is 2.12. The molecule has 152 valence electrons. The Morgan fingerprint density at radius 3 is 2.29 bits per heavy atom. The molecule has 0 saturated carbocycles. The van der Waals surface area contributed by atoms with E-state index in [4.69, 9.17) is 16.3 Å². The van der Waals surface area contributed by atoms with Gasteiger partial charge in [-0.15, -0.1) is 0 Å². The first kappa shape index (κ1) is 22.0. The Hall–Kier alpha value is -2.30. The van der Waals surface area contributed by atoms with Crippen LogP contribution < -0.4 is 14.8 Å². The Morgan fingerprint density at radius 2 is 1.75 bits per heavy atom. The van der Waals surface area contributed by atoms with Gasteiger partial charge in [-0.2, -0.15) is 17.9 Å². The lowest BCUT2D eigenvalue weighted by Crippen LogP contribution is -2.41. The number of carbonyl (C=O) groups excluding carboxylic acids is 1. The Labute approximate surface area is 164 Å². The summed E-state index contributed by atoms with van der Waals surface area (Å²) in [4.78, 5) is 12.1. The molecule has 0 heterocycles. The zero-order chi connectivity index (χ0) is 21.1. The minimum atomic E-state index is -4.70. The van der Waals surface area contributed by atoms with Gasteiger partial charge < -0.3 is 10.1 Å². The topological polar surface area (TPSA) is 84.5 Å². The third kappa shape index (κ3) is 5.37. The highest BCUT2D eigenvalue weighted by Crippen LogP contribution is 2.36. The fourth-order valence-electron chi connectivity index (χ4n) is 2.18. The van der Waals surface area contributed by atoms with Gasteiger partial charge in [0.25, 0.3) is 0 Å². The lowest BCUT2D eigenvalue weighted by Gasteiger charge is -2.16. The maximum Gasteiger partial charge on any atom is 0.417 e. The van der Waals surface area contributed by atoms with Crippen molar-refractivity contribution in [3.63, 3.8) is 0 Å². The zero-order valence-electron chi connectivity index (χ0n) is 14.7. The molecule has 1 atom stereocenters. The van der Waals surface area contributed by atoms with Crippen LogP contribution in [-0.2, 0) is 21.0 Å². The number of hydrogen-bond acceptors (Lipinski definition) is 4. The number of hydrogen-bond donors (Lipinski definition) is 2. The molecule has 0 aliphatic rings. The summed E-state index contributed by atoms with van der Waals surface area (Å²) < 4.78 is 70.4. The molecule has 0 saturated heterocycles. The van der Waals surface area contributed by atoms with E-state index in [0.717, 1.165) is 6.07 Å². The quantitative estimate of drug-likeness (QED) is 0.723. The van der Waals surface area contributed by atoms with Crippen LogP contribution in [0.2, 0.25) is 5.02 Å². The number of sulfonamides is 1. The summed E-state index contributed by atoms with van der Waals surface area (Å²) in [7, 11) is -2.60. The van der Waals surface area contributed by atoms with E-state index >= 15 is 0 Å². The largest absolute Gasteiger partial charge is 0.497 e. The number of anilines is 1. The highest BCUT2D eigenvalue weighted by Gasteiger charge is 2.33. The van der Waals surface area contributed by atoms with Crippen LogP contribution in [0.4, 0.5) is 18.9 Å². The van der Waals surface area contributed by atoms with E-state index in [1.165, 1.54) is 44.4 Å². The minimum absolute atomic E-state index is 0.0983. The van der Waals surface area contributed by atoms with E-state index in [1.807, 2.05) is 0 Å². The fraction of sp³-hybridized carbons (Fsp3) is 0.235. The molecule has 2 aromatic carbocycles. The highest BCUT2D eigenvalue weighted by atomic mass is 35.5. The molecule has 0 aliphatic heterocycles. The lowest BCUT2D eigenvalue weighted by atomic mass is 10.2. The first-order chi connectivity index (χ1) is 12.9. The molecule has 1 amide bonds. The standard InChI is InChI=1S/C17H16ClF3N2O4S/c1-10(23-28(25,26)13-6-4-12(27-2)5-7-13)16(24)22-11-3-8-15(18)14(9-11)17(19,20)21/h3-10,23H,1-2H3,(H,22,24)/t10-/m1/s1. The third-order valence-electron chi connectivity index (χ3n) is 3.63. The third-order valence-corrected chi connectivity index (χ3v) is 5.52. The van der Waals surface area contributed by atoms with Crippen molar-refractivity contribution in [2.24, 2.45) is 0 Å². The summed E-state index contributed by atoms with van der Waals surface area (Å²) >= 11 is 5.52. The van der Waals surface area contributed by atoms with E-state index in [9.17, 15) is 26.4 Å². The summed E-state index contributed by atoms with van der Waals surface area (Å²) in [6.07, 6.45) is -4.70. The van der Waals surface area contributed by atoms with Crippen molar-refractivity contribution in [2.45, 2.75) is 24.0 Å². The van der Waals surface area contributed by atoms with Gasteiger partial charge in [-0.05, 0) is 49.4 Å². The second kappa shape index (κ2) is 8.38. The molecule has 0 fully saturated rings. The van der Waals surface area contributed by atoms with Gasteiger partial charge in [-0.1, -0.05) is 11.6 Å². The average Bonchev–Trinajstić information content (AvgIpc) is 2.62.